The van der Waals surface area contributed by atoms with E-state index in [1.807, 2.05) is 11.6 Å². The van der Waals surface area contributed by atoms with Crippen LogP contribution < -0.4 is 5.32 Å². The summed E-state index contributed by atoms with van der Waals surface area (Å²) in [6.07, 6.45) is 4.34. The second kappa shape index (κ2) is 6.90. The van der Waals surface area contributed by atoms with Crippen molar-refractivity contribution < 1.29 is 4.79 Å². The maximum Gasteiger partial charge on any atom is 0.222 e. The van der Waals surface area contributed by atoms with E-state index in [-0.39, 0.29) is 11.9 Å². The van der Waals surface area contributed by atoms with Gasteiger partial charge in [0, 0.05) is 24.1 Å². The number of amides is 1. The Morgan fingerprint density at radius 3 is 2.65 bits per heavy atom. The number of fused-ring (bicyclic) bond motifs is 1. The Morgan fingerprint density at radius 2 is 1.96 bits per heavy atom. The normalized spacial score (nSPS) is 28.3. The number of carbonyl (C=O) groups excluding carboxylic acids is 1. The first-order chi connectivity index (χ1) is 12.5. The number of carbonyl (C=O) groups is 1. The van der Waals surface area contributed by atoms with Crippen molar-refractivity contribution in [2.24, 2.45) is 11.8 Å². The first kappa shape index (κ1) is 17.3. The van der Waals surface area contributed by atoms with Crippen LogP contribution in [0.1, 0.15) is 61.5 Å². The summed E-state index contributed by atoms with van der Waals surface area (Å²) in [6, 6.07) is 13.2. The number of nitrogens with one attached hydrogen (secondary N) is 1. The molecule has 26 heavy (non-hydrogen) atoms. The SMILES string of the molecule is Cc1cc(C)n(C(C)CC(=O)NC2C3CCCC3C2c2ccccc2)n1. The van der Waals surface area contributed by atoms with Crippen LogP contribution >= 0.6 is 0 Å². The molecule has 4 nitrogen and oxygen atoms in total. The Labute approximate surface area is 156 Å². The lowest BCUT2D eigenvalue weighted by Crippen LogP contribution is -2.56. The molecule has 2 aromatic rings. The van der Waals surface area contributed by atoms with Gasteiger partial charge < -0.3 is 5.32 Å². The predicted molar refractivity (Wildman–Crippen MR) is 103 cm³/mol. The van der Waals surface area contributed by atoms with Crippen LogP contribution in [0.4, 0.5) is 0 Å². The molecule has 2 aliphatic rings. The fourth-order valence-corrected chi connectivity index (χ4v) is 5.31. The van der Waals surface area contributed by atoms with Crippen molar-refractivity contribution in [3.63, 3.8) is 0 Å². The monoisotopic (exact) mass is 351 g/mol. The molecule has 4 heteroatoms. The summed E-state index contributed by atoms with van der Waals surface area (Å²) in [6.45, 7) is 6.12. The Kier molecular flexibility index (Phi) is 4.60. The Morgan fingerprint density at radius 1 is 1.23 bits per heavy atom. The molecule has 1 aromatic heterocycles. The molecule has 2 fully saturated rings. The van der Waals surface area contributed by atoms with Gasteiger partial charge in [0.15, 0.2) is 0 Å². The maximum absolute atomic E-state index is 12.8. The summed E-state index contributed by atoms with van der Waals surface area (Å²) in [5.41, 5.74) is 3.50. The lowest BCUT2D eigenvalue weighted by Gasteiger charge is -2.50. The molecule has 1 heterocycles. The molecule has 2 saturated carbocycles. The first-order valence-electron chi connectivity index (χ1n) is 9.91. The summed E-state index contributed by atoms with van der Waals surface area (Å²) < 4.78 is 1.97. The van der Waals surface area contributed by atoms with Gasteiger partial charge in [0.2, 0.25) is 5.91 Å². The molecule has 0 radical (unpaired) electrons. The standard InChI is InChI=1S/C22H29N3O/c1-14-12-15(2)25(24-14)16(3)13-20(26)23-22-19-11-7-10-18(19)21(22)17-8-5-4-6-9-17/h4-6,8-9,12,16,18-19,21-22H,7,10-11,13H2,1-3H3,(H,23,26). The fraction of sp³-hybridized carbons (Fsp3) is 0.545. The quantitative estimate of drug-likeness (QED) is 0.880. The summed E-state index contributed by atoms with van der Waals surface area (Å²) >= 11 is 0. The molecule has 5 atom stereocenters. The van der Waals surface area contributed by atoms with Crippen LogP contribution in [0.2, 0.25) is 0 Å². The molecule has 0 bridgehead atoms. The van der Waals surface area contributed by atoms with Crippen LogP contribution in [0, 0.1) is 25.7 Å². The largest absolute Gasteiger partial charge is 0.352 e. The zero-order chi connectivity index (χ0) is 18.3. The van der Waals surface area contributed by atoms with Gasteiger partial charge in [0.05, 0.1) is 11.7 Å². The van der Waals surface area contributed by atoms with Gasteiger partial charge in [0.25, 0.3) is 0 Å². The number of aromatic nitrogens is 2. The minimum absolute atomic E-state index is 0.0818. The minimum Gasteiger partial charge on any atom is -0.352 e. The highest BCUT2D eigenvalue weighted by Crippen LogP contribution is 2.55. The lowest BCUT2D eigenvalue weighted by atomic mass is 9.60. The molecule has 1 amide bonds. The van der Waals surface area contributed by atoms with E-state index in [1.54, 1.807) is 0 Å². The molecule has 4 rings (SSSR count). The van der Waals surface area contributed by atoms with E-state index < -0.39 is 0 Å². The van der Waals surface area contributed by atoms with Crippen LogP contribution in [0.15, 0.2) is 36.4 Å². The molecule has 0 saturated heterocycles. The van der Waals surface area contributed by atoms with Gasteiger partial charge in [0.1, 0.15) is 0 Å². The molecule has 1 aromatic carbocycles. The molecule has 138 valence electrons. The third-order valence-electron chi connectivity index (χ3n) is 6.39. The third-order valence-corrected chi connectivity index (χ3v) is 6.39. The number of benzene rings is 1. The lowest BCUT2D eigenvalue weighted by molar-refractivity contribution is -0.124. The van der Waals surface area contributed by atoms with Gasteiger partial charge in [-0.05, 0) is 57.1 Å². The predicted octanol–water partition coefficient (Wildman–Crippen LogP) is 4.15. The van der Waals surface area contributed by atoms with Crippen LogP contribution in [0.3, 0.4) is 0 Å². The zero-order valence-corrected chi connectivity index (χ0v) is 16.0. The number of nitrogens with zero attached hydrogens (tertiary/aromatic N) is 2. The summed E-state index contributed by atoms with van der Waals surface area (Å²) in [5.74, 6) is 2.04. The summed E-state index contributed by atoms with van der Waals surface area (Å²) in [7, 11) is 0. The van der Waals surface area contributed by atoms with Crippen molar-refractivity contribution in [3.05, 3.63) is 53.3 Å². The van der Waals surface area contributed by atoms with Crippen molar-refractivity contribution in [2.45, 2.75) is 64.5 Å². The molecule has 0 aliphatic heterocycles. The van der Waals surface area contributed by atoms with Crippen molar-refractivity contribution in [2.75, 3.05) is 0 Å². The van der Waals surface area contributed by atoms with Gasteiger partial charge in [-0.1, -0.05) is 36.8 Å². The number of hydrogen-bond donors (Lipinski definition) is 1. The van der Waals surface area contributed by atoms with Crippen molar-refractivity contribution in [1.82, 2.24) is 15.1 Å². The summed E-state index contributed by atoms with van der Waals surface area (Å²) in [5, 5.41) is 7.91. The third kappa shape index (κ3) is 3.06. The fourth-order valence-electron chi connectivity index (χ4n) is 5.31. The van der Waals surface area contributed by atoms with Gasteiger partial charge in [-0.2, -0.15) is 5.10 Å². The average Bonchev–Trinajstić information content (AvgIpc) is 3.17. The minimum atomic E-state index is 0.0818. The number of hydrogen-bond acceptors (Lipinski definition) is 2. The van der Waals surface area contributed by atoms with Crippen LogP contribution in [0.5, 0.6) is 0 Å². The van der Waals surface area contributed by atoms with E-state index in [0.29, 0.717) is 24.3 Å². The van der Waals surface area contributed by atoms with E-state index in [2.05, 4.69) is 60.7 Å². The summed E-state index contributed by atoms with van der Waals surface area (Å²) in [4.78, 5) is 12.8. The highest BCUT2D eigenvalue weighted by Gasteiger charge is 2.53. The Balaban J connectivity index is 1.43. The average molecular weight is 351 g/mol. The second-order valence-electron chi connectivity index (χ2n) is 8.21. The van der Waals surface area contributed by atoms with Gasteiger partial charge in [-0.15, -0.1) is 0 Å². The van der Waals surface area contributed by atoms with Crippen molar-refractivity contribution in [1.29, 1.82) is 0 Å². The van der Waals surface area contributed by atoms with E-state index in [0.717, 1.165) is 17.3 Å². The Bertz CT molecular complexity index is 782. The smallest absolute Gasteiger partial charge is 0.222 e. The van der Waals surface area contributed by atoms with Crippen molar-refractivity contribution in [3.8, 4) is 0 Å². The molecule has 0 spiro atoms. The Hall–Kier alpha value is -2.10. The van der Waals surface area contributed by atoms with Gasteiger partial charge in [-0.3, -0.25) is 9.48 Å². The molecule has 2 aliphatic carbocycles. The van der Waals surface area contributed by atoms with Crippen molar-refractivity contribution >= 4 is 5.91 Å². The van der Waals surface area contributed by atoms with Crippen LogP contribution in [-0.2, 0) is 4.79 Å². The highest BCUT2D eigenvalue weighted by atomic mass is 16.1. The molecule has 1 N–H and O–H groups in total. The van der Waals surface area contributed by atoms with E-state index >= 15 is 0 Å². The first-order valence-corrected chi connectivity index (χ1v) is 9.91. The van der Waals surface area contributed by atoms with E-state index in [9.17, 15) is 4.79 Å². The highest BCUT2D eigenvalue weighted by molar-refractivity contribution is 5.77. The van der Waals surface area contributed by atoms with Gasteiger partial charge >= 0.3 is 0 Å². The number of rotatable bonds is 5. The number of aryl methyl sites for hydroxylation is 2. The van der Waals surface area contributed by atoms with E-state index in [1.165, 1.54) is 24.8 Å². The van der Waals surface area contributed by atoms with Crippen LogP contribution in [0.25, 0.3) is 0 Å². The van der Waals surface area contributed by atoms with E-state index in [4.69, 9.17) is 0 Å². The topological polar surface area (TPSA) is 46.9 Å². The second-order valence-corrected chi connectivity index (χ2v) is 8.21. The van der Waals surface area contributed by atoms with Gasteiger partial charge in [-0.25, -0.2) is 0 Å². The zero-order valence-electron chi connectivity index (χ0n) is 16.0. The molecular weight excluding hydrogens is 322 g/mol. The maximum atomic E-state index is 12.8. The molecule has 5 unspecified atom stereocenters. The van der Waals surface area contributed by atoms with Crippen LogP contribution in [-0.4, -0.2) is 21.7 Å². The molecular formula is C22H29N3O.